The van der Waals surface area contributed by atoms with Gasteiger partial charge in [0.15, 0.2) is 0 Å². The Balaban J connectivity index is 2.34. The molecule has 0 spiro atoms. The summed E-state index contributed by atoms with van der Waals surface area (Å²) in [4.78, 5) is 10.4. The number of nitrogens with zero attached hydrogens (tertiary/aromatic N) is 3. The Labute approximate surface area is 132 Å². The van der Waals surface area contributed by atoms with Crippen LogP contribution >= 0.6 is 0 Å². The van der Waals surface area contributed by atoms with Crippen LogP contribution in [-0.4, -0.2) is 16.6 Å². The quantitative estimate of drug-likeness (QED) is 0.381. The van der Waals surface area contributed by atoms with Crippen molar-refractivity contribution in [3.63, 3.8) is 0 Å². The molecule has 0 unspecified atom stereocenters. The maximum atomic E-state index is 10.8. The summed E-state index contributed by atoms with van der Waals surface area (Å²) in [6.45, 7) is 0. The molecule has 0 aliphatic heterocycles. The molecule has 0 fully saturated rings. The number of nitro groups is 1. The molecule has 0 radical (unpaired) electrons. The summed E-state index contributed by atoms with van der Waals surface area (Å²) < 4.78 is 0. The second-order valence-electron chi connectivity index (χ2n) is 4.56. The minimum absolute atomic E-state index is 0.0228. The summed E-state index contributed by atoms with van der Waals surface area (Å²) in [6, 6.07) is 15.6. The fourth-order valence-corrected chi connectivity index (χ4v) is 1.82. The zero-order chi connectivity index (χ0) is 16.7. The molecule has 2 aromatic carbocycles. The van der Waals surface area contributed by atoms with Crippen LogP contribution in [0.3, 0.4) is 0 Å². The van der Waals surface area contributed by atoms with Gasteiger partial charge < -0.3 is 11.5 Å². The van der Waals surface area contributed by atoms with E-state index in [1.807, 2.05) is 30.3 Å². The molecule has 0 bridgehead atoms. The summed E-state index contributed by atoms with van der Waals surface area (Å²) in [5.41, 5.74) is 12.6. The van der Waals surface area contributed by atoms with Gasteiger partial charge in [-0.15, -0.1) is 10.2 Å². The highest BCUT2D eigenvalue weighted by Crippen LogP contribution is 2.15. The van der Waals surface area contributed by atoms with Crippen molar-refractivity contribution < 1.29 is 4.92 Å². The third-order valence-electron chi connectivity index (χ3n) is 2.86. The van der Waals surface area contributed by atoms with Gasteiger partial charge >= 0.3 is 0 Å². The third kappa shape index (κ3) is 4.78. The van der Waals surface area contributed by atoms with Gasteiger partial charge in [-0.3, -0.25) is 10.1 Å². The summed E-state index contributed by atoms with van der Waals surface area (Å²) in [6.07, 6.45) is 3.40. The molecule has 0 heterocycles. The lowest BCUT2D eigenvalue weighted by Crippen LogP contribution is -2.22. The summed E-state index contributed by atoms with van der Waals surface area (Å²) in [7, 11) is 0. The zero-order valence-electron chi connectivity index (χ0n) is 12.2. The first-order valence-electron chi connectivity index (χ1n) is 6.71. The van der Waals surface area contributed by atoms with Crippen LogP contribution in [-0.2, 0) is 0 Å². The van der Waals surface area contributed by atoms with E-state index in [1.165, 1.54) is 12.1 Å². The molecule has 2 aromatic rings. The first-order chi connectivity index (χ1) is 11.1. The fraction of sp³-hybridized carbons (Fsp3) is 0. The van der Waals surface area contributed by atoms with Gasteiger partial charge in [0, 0.05) is 17.7 Å². The van der Waals surface area contributed by atoms with E-state index >= 15 is 0 Å². The van der Waals surface area contributed by atoms with Crippen LogP contribution in [0.1, 0.15) is 11.1 Å². The predicted octanol–water partition coefficient (Wildman–Crippen LogP) is 2.29. The number of guanidine groups is 1. The summed E-state index contributed by atoms with van der Waals surface area (Å²) in [5, 5.41) is 18.5. The maximum absolute atomic E-state index is 10.8. The highest BCUT2D eigenvalue weighted by Gasteiger charge is 2.04. The van der Waals surface area contributed by atoms with Crippen molar-refractivity contribution in [2.75, 3.05) is 0 Å². The lowest BCUT2D eigenvalue weighted by molar-refractivity contribution is -0.384. The molecule has 0 saturated heterocycles. The normalized spacial score (nSPS) is 11.4. The van der Waals surface area contributed by atoms with E-state index in [-0.39, 0.29) is 11.6 Å². The Morgan fingerprint density at radius 2 is 1.78 bits per heavy atom. The molecular formula is C16H15N5O2. The van der Waals surface area contributed by atoms with Gasteiger partial charge in [-0.1, -0.05) is 48.5 Å². The number of rotatable bonds is 5. The van der Waals surface area contributed by atoms with E-state index in [0.717, 1.165) is 5.56 Å². The zero-order valence-corrected chi connectivity index (χ0v) is 12.2. The van der Waals surface area contributed by atoms with Crippen molar-refractivity contribution in [1.82, 2.24) is 0 Å². The SMILES string of the molecule is NC(N)=N/N=C(/C=C/c1cccc([N+](=O)[O-])c1)c1ccccc1. The van der Waals surface area contributed by atoms with Gasteiger partial charge in [0.1, 0.15) is 0 Å². The van der Waals surface area contributed by atoms with E-state index in [9.17, 15) is 10.1 Å². The van der Waals surface area contributed by atoms with Gasteiger partial charge in [0.05, 0.1) is 10.6 Å². The second kappa shape index (κ2) is 7.51. The van der Waals surface area contributed by atoms with Gasteiger partial charge in [-0.25, -0.2) is 0 Å². The highest BCUT2D eigenvalue weighted by atomic mass is 16.6. The molecule has 7 heteroatoms. The Morgan fingerprint density at radius 1 is 1.04 bits per heavy atom. The number of hydrogen-bond acceptors (Lipinski definition) is 4. The number of hydrogen-bond donors (Lipinski definition) is 2. The molecule has 0 atom stereocenters. The van der Waals surface area contributed by atoms with Crippen LogP contribution in [0.15, 0.2) is 70.9 Å². The summed E-state index contributed by atoms with van der Waals surface area (Å²) >= 11 is 0. The van der Waals surface area contributed by atoms with E-state index in [0.29, 0.717) is 11.3 Å². The highest BCUT2D eigenvalue weighted by molar-refractivity contribution is 6.10. The lowest BCUT2D eigenvalue weighted by atomic mass is 10.1. The minimum atomic E-state index is -0.442. The lowest BCUT2D eigenvalue weighted by Gasteiger charge is -2.00. The largest absolute Gasteiger partial charge is 0.369 e. The molecule has 0 aromatic heterocycles. The van der Waals surface area contributed by atoms with Crippen molar-refractivity contribution in [1.29, 1.82) is 0 Å². The number of non-ortho nitro benzene ring substituents is 1. The van der Waals surface area contributed by atoms with Crippen LogP contribution in [0.2, 0.25) is 0 Å². The molecular weight excluding hydrogens is 294 g/mol. The van der Waals surface area contributed by atoms with Crippen molar-refractivity contribution >= 4 is 23.4 Å². The molecule has 0 saturated carbocycles. The van der Waals surface area contributed by atoms with E-state index in [2.05, 4.69) is 10.2 Å². The minimum Gasteiger partial charge on any atom is -0.369 e. The van der Waals surface area contributed by atoms with Crippen LogP contribution in [0.4, 0.5) is 5.69 Å². The molecule has 7 nitrogen and oxygen atoms in total. The standard InChI is InChI=1S/C16H15N5O2/c17-16(18)20-19-15(13-6-2-1-3-7-13)10-9-12-5-4-8-14(11-12)21(22)23/h1-11H,(H4,17,18,20)/b10-9+,19-15-. The van der Waals surface area contributed by atoms with Crippen LogP contribution in [0.25, 0.3) is 6.08 Å². The van der Waals surface area contributed by atoms with Crippen molar-refractivity contribution in [3.05, 3.63) is 81.9 Å². The predicted molar refractivity (Wildman–Crippen MR) is 90.9 cm³/mol. The van der Waals surface area contributed by atoms with Crippen molar-refractivity contribution in [2.24, 2.45) is 21.7 Å². The molecule has 0 aliphatic carbocycles. The van der Waals surface area contributed by atoms with Gasteiger partial charge in [0.2, 0.25) is 5.96 Å². The van der Waals surface area contributed by atoms with E-state index in [4.69, 9.17) is 11.5 Å². The Hall–Kier alpha value is -3.48. The first kappa shape index (κ1) is 15.9. The topological polar surface area (TPSA) is 120 Å². The number of nitro benzene ring substituents is 1. The molecule has 0 amide bonds. The molecule has 4 N–H and O–H groups in total. The van der Waals surface area contributed by atoms with Gasteiger partial charge in [-0.2, -0.15) is 0 Å². The van der Waals surface area contributed by atoms with Gasteiger partial charge in [0.25, 0.3) is 5.69 Å². The monoisotopic (exact) mass is 309 g/mol. The Morgan fingerprint density at radius 3 is 2.43 bits per heavy atom. The maximum Gasteiger partial charge on any atom is 0.270 e. The number of benzene rings is 2. The molecule has 0 aliphatic rings. The second-order valence-corrected chi connectivity index (χ2v) is 4.56. The molecule has 2 rings (SSSR count). The van der Waals surface area contributed by atoms with E-state index < -0.39 is 4.92 Å². The smallest absolute Gasteiger partial charge is 0.270 e. The fourth-order valence-electron chi connectivity index (χ4n) is 1.82. The number of nitrogens with two attached hydrogens (primary N) is 2. The first-order valence-corrected chi connectivity index (χ1v) is 6.71. The summed E-state index contributed by atoms with van der Waals surface area (Å²) in [5.74, 6) is -0.151. The van der Waals surface area contributed by atoms with Gasteiger partial charge in [-0.05, 0) is 11.6 Å². The van der Waals surface area contributed by atoms with E-state index in [1.54, 1.807) is 24.3 Å². The Kier molecular flexibility index (Phi) is 5.19. The average molecular weight is 309 g/mol. The van der Waals surface area contributed by atoms with Crippen LogP contribution < -0.4 is 11.5 Å². The van der Waals surface area contributed by atoms with Crippen LogP contribution in [0.5, 0.6) is 0 Å². The van der Waals surface area contributed by atoms with Crippen molar-refractivity contribution in [3.8, 4) is 0 Å². The molecule has 23 heavy (non-hydrogen) atoms. The van der Waals surface area contributed by atoms with Crippen LogP contribution in [0, 0.1) is 10.1 Å². The number of allylic oxidation sites excluding steroid dienone is 1. The molecule has 116 valence electrons. The van der Waals surface area contributed by atoms with Crippen molar-refractivity contribution in [2.45, 2.75) is 0 Å². The third-order valence-corrected chi connectivity index (χ3v) is 2.86. The Bertz CT molecular complexity index is 778. The average Bonchev–Trinajstić information content (AvgIpc) is 2.55.